The molecule has 128 valence electrons. The summed E-state index contributed by atoms with van der Waals surface area (Å²) in [6.07, 6.45) is 1.57. The quantitative estimate of drug-likeness (QED) is 0.798. The second kappa shape index (κ2) is 7.88. The van der Waals surface area contributed by atoms with Crippen LogP contribution in [0.2, 0.25) is 0 Å². The molecule has 0 aliphatic carbocycles. The number of benzene rings is 1. The number of amides is 1. The average Bonchev–Trinajstić information content (AvgIpc) is 2.55. The summed E-state index contributed by atoms with van der Waals surface area (Å²) < 4.78 is 4.92. The van der Waals surface area contributed by atoms with Gasteiger partial charge in [0.25, 0.3) is 5.91 Å². The molecule has 0 atom stereocenters. The van der Waals surface area contributed by atoms with Gasteiger partial charge >= 0.3 is 0 Å². The van der Waals surface area contributed by atoms with Crippen molar-refractivity contribution in [2.45, 2.75) is 26.2 Å². The molecule has 1 amide bonds. The van der Waals surface area contributed by atoms with Gasteiger partial charge in [-0.2, -0.15) is 0 Å². The van der Waals surface area contributed by atoms with Gasteiger partial charge in [-0.05, 0) is 23.1 Å². The Bertz CT molecular complexity index is 695. The highest BCUT2D eigenvalue weighted by Crippen LogP contribution is 2.30. The number of carbonyl (C=O) groups excluding carboxylic acids is 1. The molecule has 0 unspecified atom stereocenters. The summed E-state index contributed by atoms with van der Waals surface area (Å²) in [4.78, 5) is 20.6. The Kier molecular flexibility index (Phi) is 5.87. The number of para-hydroxylation sites is 1. The summed E-state index contributed by atoms with van der Waals surface area (Å²) >= 11 is 0. The molecule has 0 aliphatic rings. The molecule has 0 saturated heterocycles. The van der Waals surface area contributed by atoms with E-state index < -0.39 is 0 Å². The molecule has 1 heterocycles. The lowest BCUT2D eigenvalue weighted by Gasteiger charge is -2.23. The number of nitrogens with zero attached hydrogens (tertiary/aromatic N) is 2. The second-order valence-corrected chi connectivity index (χ2v) is 6.43. The number of ether oxygens (including phenoxy) is 1. The lowest BCUT2D eigenvalue weighted by atomic mass is 9.86. The monoisotopic (exact) mass is 328 g/mol. The van der Waals surface area contributed by atoms with E-state index in [0.717, 1.165) is 11.3 Å². The molecule has 6 nitrogen and oxygen atoms in total. The number of anilines is 2. The van der Waals surface area contributed by atoms with Crippen molar-refractivity contribution >= 4 is 17.5 Å². The fraction of sp³-hybridized carbons (Fsp3) is 0.389. The van der Waals surface area contributed by atoms with E-state index in [1.807, 2.05) is 18.2 Å². The van der Waals surface area contributed by atoms with E-state index in [1.165, 1.54) is 0 Å². The van der Waals surface area contributed by atoms with Gasteiger partial charge in [0.2, 0.25) is 5.95 Å². The number of nitrogens with one attached hydrogen (secondary N) is 2. The summed E-state index contributed by atoms with van der Waals surface area (Å²) in [6.45, 7) is 7.34. The van der Waals surface area contributed by atoms with Crippen molar-refractivity contribution in [1.29, 1.82) is 0 Å². The highest BCUT2D eigenvalue weighted by Gasteiger charge is 2.18. The van der Waals surface area contributed by atoms with Crippen LogP contribution in [0.25, 0.3) is 0 Å². The highest BCUT2D eigenvalue weighted by atomic mass is 16.5. The van der Waals surface area contributed by atoms with Gasteiger partial charge in [0.05, 0.1) is 6.61 Å². The minimum Gasteiger partial charge on any atom is -0.383 e. The Balaban J connectivity index is 2.17. The number of carbonyl (C=O) groups is 1. The van der Waals surface area contributed by atoms with Gasteiger partial charge in [-0.1, -0.05) is 39.0 Å². The van der Waals surface area contributed by atoms with Gasteiger partial charge in [0.15, 0.2) is 0 Å². The molecule has 6 heteroatoms. The Labute approximate surface area is 142 Å². The van der Waals surface area contributed by atoms with E-state index in [9.17, 15) is 4.79 Å². The lowest BCUT2D eigenvalue weighted by molar-refractivity contribution is 0.0932. The van der Waals surface area contributed by atoms with Gasteiger partial charge in [-0.15, -0.1) is 0 Å². The number of hydrogen-bond donors (Lipinski definition) is 2. The molecule has 24 heavy (non-hydrogen) atoms. The third kappa shape index (κ3) is 4.76. The number of aromatic nitrogens is 2. The molecule has 0 spiro atoms. The van der Waals surface area contributed by atoms with E-state index in [0.29, 0.717) is 24.8 Å². The summed E-state index contributed by atoms with van der Waals surface area (Å²) in [5, 5.41) is 5.96. The van der Waals surface area contributed by atoms with Crippen LogP contribution in [-0.2, 0) is 10.2 Å². The number of rotatable bonds is 6. The Morgan fingerprint density at radius 3 is 2.67 bits per heavy atom. The topological polar surface area (TPSA) is 76.1 Å². The van der Waals surface area contributed by atoms with Crippen LogP contribution >= 0.6 is 0 Å². The molecular weight excluding hydrogens is 304 g/mol. The third-order valence-electron chi connectivity index (χ3n) is 3.46. The average molecular weight is 328 g/mol. The standard InChI is InChI=1S/C18H24N4O2/c1-18(2,3)13-7-5-6-8-14(13)21-17-20-10-9-15(22-17)16(23)19-11-12-24-4/h5-10H,11-12H2,1-4H3,(H,19,23)(H,20,21,22). The highest BCUT2D eigenvalue weighted by molar-refractivity contribution is 5.92. The van der Waals surface area contributed by atoms with Crippen LogP contribution in [0, 0.1) is 0 Å². The van der Waals surface area contributed by atoms with Gasteiger partial charge < -0.3 is 15.4 Å². The minimum absolute atomic E-state index is 0.0151. The second-order valence-electron chi connectivity index (χ2n) is 6.43. The fourth-order valence-corrected chi connectivity index (χ4v) is 2.27. The fourth-order valence-electron chi connectivity index (χ4n) is 2.27. The van der Waals surface area contributed by atoms with Crippen molar-refractivity contribution in [3.63, 3.8) is 0 Å². The predicted molar refractivity (Wildman–Crippen MR) is 94.7 cm³/mol. The van der Waals surface area contributed by atoms with Crippen molar-refractivity contribution in [3.05, 3.63) is 47.8 Å². The van der Waals surface area contributed by atoms with E-state index in [2.05, 4.69) is 47.4 Å². The first-order valence-electron chi connectivity index (χ1n) is 7.88. The smallest absolute Gasteiger partial charge is 0.270 e. The SMILES string of the molecule is COCCNC(=O)c1ccnc(Nc2ccccc2C(C)(C)C)n1. The van der Waals surface area contributed by atoms with Crippen LogP contribution in [0.1, 0.15) is 36.8 Å². The maximum atomic E-state index is 12.1. The molecular formula is C18H24N4O2. The zero-order valence-corrected chi connectivity index (χ0v) is 14.6. The van der Waals surface area contributed by atoms with E-state index in [-0.39, 0.29) is 11.3 Å². The maximum absolute atomic E-state index is 12.1. The van der Waals surface area contributed by atoms with Gasteiger partial charge in [0, 0.05) is 25.5 Å². The molecule has 0 radical (unpaired) electrons. The van der Waals surface area contributed by atoms with Crippen LogP contribution in [-0.4, -0.2) is 36.1 Å². The summed E-state index contributed by atoms with van der Waals surface area (Å²) in [6, 6.07) is 9.60. The number of methoxy groups -OCH3 is 1. The van der Waals surface area contributed by atoms with Gasteiger partial charge in [-0.3, -0.25) is 4.79 Å². The summed E-state index contributed by atoms with van der Waals surface area (Å²) in [5.41, 5.74) is 2.39. The molecule has 0 aliphatic heterocycles. The zero-order valence-electron chi connectivity index (χ0n) is 14.6. The van der Waals surface area contributed by atoms with Crippen LogP contribution in [0.4, 0.5) is 11.6 Å². The first-order valence-corrected chi connectivity index (χ1v) is 7.88. The molecule has 0 saturated carbocycles. The van der Waals surface area contributed by atoms with Crippen LogP contribution in [0.5, 0.6) is 0 Å². The molecule has 2 aromatic rings. The predicted octanol–water partition coefficient (Wildman–Crippen LogP) is 2.89. The summed E-state index contributed by atoms with van der Waals surface area (Å²) in [5.74, 6) is 0.146. The van der Waals surface area contributed by atoms with Crippen molar-refractivity contribution in [3.8, 4) is 0 Å². The van der Waals surface area contributed by atoms with Crippen LogP contribution < -0.4 is 10.6 Å². The molecule has 0 bridgehead atoms. The molecule has 0 fully saturated rings. The third-order valence-corrected chi connectivity index (χ3v) is 3.46. The molecule has 2 N–H and O–H groups in total. The normalized spacial score (nSPS) is 11.2. The van der Waals surface area contributed by atoms with E-state index in [4.69, 9.17) is 4.74 Å². The largest absolute Gasteiger partial charge is 0.383 e. The zero-order chi connectivity index (χ0) is 17.6. The van der Waals surface area contributed by atoms with Crippen LogP contribution in [0.3, 0.4) is 0 Å². The van der Waals surface area contributed by atoms with Crippen molar-refractivity contribution in [1.82, 2.24) is 15.3 Å². The Morgan fingerprint density at radius 1 is 1.21 bits per heavy atom. The van der Waals surface area contributed by atoms with Gasteiger partial charge in [-0.25, -0.2) is 9.97 Å². The Hall–Kier alpha value is -2.47. The first-order chi connectivity index (χ1) is 11.4. The van der Waals surface area contributed by atoms with Crippen molar-refractivity contribution in [2.75, 3.05) is 25.6 Å². The van der Waals surface area contributed by atoms with E-state index >= 15 is 0 Å². The maximum Gasteiger partial charge on any atom is 0.270 e. The van der Waals surface area contributed by atoms with Gasteiger partial charge in [0.1, 0.15) is 5.69 Å². The minimum atomic E-state index is -0.249. The molecule has 1 aromatic carbocycles. The molecule has 2 rings (SSSR count). The Morgan fingerprint density at radius 2 is 1.96 bits per heavy atom. The van der Waals surface area contributed by atoms with Crippen LogP contribution in [0.15, 0.2) is 36.5 Å². The van der Waals surface area contributed by atoms with Crippen molar-refractivity contribution in [2.24, 2.45) is 0 Å². The molecule has 1 aromatic heterocycles. The summed E-state index contributed by atoms with van der Waals surface area (Å²) in [7, 11) is 1.59. The number of hydrogen-bond acceptors (Lipinski definition) is 5. The van der Waals surface area contributed by atoms with E-state index in [1.54, 1.807) is 19.4 Å². The van der Waals surface area contributed by atoms with Crippen molar-refractivity contribution < 1.29 is 9.53 Å². The first kappa shape index (κ1) is 17.9. The lowest BCUT2D eigenvalue weighted by Crippen LogP contribution is -2.28.